The smallest absolute Gasteiger partial charge is 0.164 e. The van der Waals surface area contributed by atoms with Crippen LogP contribution in [0.1, 0.15) is 0 Å². The van der Waals surface area contributed by atoms with Crippen molar-refractivity contribution in [1.82, 2.24) is 19.5 Å². The molecule has 0 fully saturated rings. The van der Waals surface area contributed by atoms with E-state index in [1.54, 1.807) is 0 Å². The zero-order valence-corrected chi connectivity index (χ0v) is 31.2. The molecule has 8 aromatic carbocycles. The Kier molecular flexibility index (Phi) is 7.03. The average Bonchev–Trinajstić information content (AvgIpc) is 3.96. The molecule has 4 aromatic heterocycles. The van der Waals surface area contributed by atoms with E-state index in [1.165, 1.54) is 47.5 Å². The summed E-state index contributed by atoms with van der Waals surface area (Å²) < 4.78 is 11.5. The van der Waals surface area contributed by atoms with Gasteiger partial charge in [-0.25, -0.2) is 15.0 Å². The van der Waals surface area contributed by atoms with E-state index in [9.17, 15) is 0 Å². The van der Waals surface area contributed by atoms with Gasteiger partial charge in [-0.05, 0) is 65.7 Å². The zero-order valence-electron chi connectivity index (χ0n) is 30.4. The summed E-state index contributed by atoms with van der Waals surface area (Å²) in [6.45, 7) is 0. The highest BCUT2D eigenvalue weighted by atomic mass is 32.1. The number of benzene rings is 8. The molecule has 12 rings (SSSR count). The number of hydrogen-bond donors (Lipinski definition) is 0. The van der Waals surface area contributed by atoms with E-state index in [0.717, 1.165) is 49.9 Å². The first-order chi connectivity index (χ1) is 28.2. The molecule has 57 heavy (non-hydrogen) atoms. The molecule has 0 unspecified atom stereocenters. The van der Waals surface area contributed by atoms with Crippen LogP contribution in [0.15, 0.2) is 186 Å². The number of thiophene rings is 1. The van der Waals surface area contributed by atoms with E-state index in [-0.39, 0.29) is 0 Å². The summed E-state index contributed by atoms with van der Waals surface area (Å²) >= 11 is 1.81. The second-order valence-corrected chi connectivity index (χ2v) is 15.4. The van der Waals surface area contributed by atoms with Gasteiger partial charge in [0.05, 0.1) is 22.1 Å². The lowest BCUT2D eigenvalue weighted by atomic mass is 10.0. The van der Waals surface area contributed by atoms with Crippen molar-refractivity contribution in [3.63, 3.8) is 0 Å². The van der Waals surface area contributed by atoms with Crippen LogP contribution >= 0.6 is 11.3 Å². The molecular weight excluding hydrogens is 717 g/mol. The van der Waals surface area contributed by atoms with Crippen molar-refractivity contribution in [2.24, 2.45) is 0 Å². The third-order valence-electron chi connectivity index (χ3n) is 11.1. The molecule has 0 radical (unpaired) electrons. The zero-order chi connectivity index (χ0) is 37.5. The highest BCUT2D eigenvalue weighted by Gasteiger charge is 2.19. The largest absolute Gasteiger partial charge is 0.456 e. The quantitative estimate of drug-likeness (QED) is 0.176. The van der Waals surface area contributed by atoms with Crippen LogP contribution in [0.3, 0.4) is 0 Å². The molecule has 12 aromatic rings. The Hall–Kier alpha value is -7.41. The second kappa shape index (κ2) is 12.6. The molecule has 266 valence electrons. The average molecular weight is 747 g/mol. The predicted molar refractivity (Wildman–Crippen MR) is 236 cm³/mol. The first kappa shape index (κ1) is 31.9. The molecule has 0 aliphatic heterocycles. The Morgan fingerprint density at radius 1 is 0.404 bits per heavy atom. The lowest BCUT2D eigenvalue weighted by molar-refractivity contribution is 0.669. The monoisotopic (exact) mass is 746 g/mol. The number of nitrogens with zero attached hydrogens (tertiary/aromatic N) is 4. The second-order valence-electron chi connectivity index (χ2n) is 14.4. The van der Waals surface area contributed by atoms with Gasteiger partial charge < -0.3 is 8.98 Å². The highest BCUT2D eigenvalue weighted by molar-refractivity contribution is 7.26. The van der Waals surface area contributed by atoms with Gasteiger partial charge in [0.15, 0.2) is 17.5 Å². The lowest BCUT2D eigenvalue weighted by Gasteiger charge is -2.09. The number of para-hydroxylation sites is 2. The summed E-state index contributed by atoms with van der Waals surface area (Å²) in [5.74, 6) is 1.95. The van der Waals surface area contributed by atoms with Gasteiger partial charge in [0.25, 0.3) is 0 Å². The van der Waals surface area contributed by atoms with Gasteiger partial charge in [0.2, 0.25) is 0 Å². The molecule has 6 heteroatoms. The first-order valence-electron chi connectivity index (χ1n) is 19.0. The van der Waals surface area contributed by atoms with Gasteiger partial charge in [-0.1, -0.05) is 127 Å². The number of rotatable bonds is 5. The lowest BCUT2D eigenvalue weighted by Crippen LogP contribution is -2.00. The third-order valence-corrected chi connectivity index (χ3v) is 12.3. The van der Waals surface area contributed by atoms with E-state index in [2.05, 4.69) is 126 Å². The van der Waals surface area contributed by atoms with E-state index in [0.29, 0.717) is 17.5 Å². The molecule has 0 bridgehead atoms. The van der Waals surface area contributed by atoms with Crippen molar-refractivity contribution >= 4 is 75.3 Å². The molecule has 0 atom stereocenters. The minimum Gasteiger partial charge on any atom is -0.456 e. The molecular formula is C51H30N4OS. The standard InChI is InChI=1S/C51H30N4OS/c1-3-13-31(14-4-1)49-52-50(32-15-5-2-6-16-32)54-51(53-49)34-26-28-46-40(29-34)38-20-11-19-35(48(38)57-46)33-25-27-39-45(30-33)56-44-24-12-23-43(47(39)44)55-41-21-9-7-17-36(41)37-18-8-10-22-42(37)55/h1-30H. The van der Waals surface area contributed by atoms with Crippen LogP contribution < -0.4 is 0 Å². The summed E-state index contributed by atoms with van der Waals surface area (Å²) in [7, 11) is 0. The summed E-state index contributed by atoms with van der Waals surface area (Å²) in [6.07, 6.45) is 0. The number of furan rings is 1. The molecule has 0 saturated heterocycles. The van der Waals surface area contributed by atoms with Crippen molar-refractivity contribution in [1.29, 1.82) is 0 Å². The minimum absolute atomic E-state index is 0.649. The molecule has 5 nitrogen and oxygen atoms in total. The highest BCUT2D eigenvalue weighted by Crippen LogP contribution is 2.44. The van der Waals surface area contributed by atoms with Gasteiger partial charge in [-0.15, -0.1) is 11.3 Å². The van der Waals surface area contributed by atoms with E-state index in [1.807, 2.05) is 72.0 Å². The molecule has 0 saturated carbocycles. The third kappa shape index (κ3) is 5.04. The molecule has 0 aliphatic carbocycles. The van der Waals surface area contributed by atoms with Crippen molar-refractivity contribution in [2.45, 2.75) is 0 Å². The first-order valence-corrected chi connectivity index (χ1v) is 19.8. The van der Waals surface area contributed by atoms with E-state index >= 15 is 0 Å². The van der Waals surface area contributed by atoms with Crippen LogP contribution in [0.4, 0.5) is 0 Å². The van der Waals surface area contributed by atoms with Gasteiger partial charge in [-0.3, -0.25) is 0 Å². The van der Waals surface area contributed by atoms with Crippen LogP contribution in [0, 0.1) is 0 Å². The maximum Gasteiger partial charge on any atom is 0.164 e. The summed E-state index contributed by atoms with van der Waals surface area (Å²) in [5, 5.41) is 7.08. The van der Waals surface area contributed by atoms with Gasteiger partial charge in [0.1, 0.15) is 11.2 Å². The number of fused-ring (bicyclic) bond motifs is 9. The fraction of sp³-hybridized carbons (Fsp3) is 0. The SMILES string of the molecule is c1ccc(-c2nc(-c3ccccc3)nc(-c3ccc4sc5c(-c6ccc7c(c6)oc6cccc(-n8c9ccccc9c9ccccc98)c67)cccc5c4c3)n2)cc1. The van der Waals surface area contributed by atoms with Crippen LogP contribution in [-0.2, 0) is 0 Å². The number of aromatic nitrogens is 4. The molecule has 0 aliphatic rings. The predicted octanol–water partition coefficient (Wildman–Crippen LogP) is 13.9. The van der Waals surface area contributed by atoms with Crippen molar-refractivity contribution in [3.8, 4) is 51.0 Å². The Balaban J connectivity index is 0.989. The minimum atomic E-state index is 0.649. The Labute approximate surface area is 330 Å². The van der Waals surface area contributed by atoms with Gasteiger partial charge in [-0.2, -0.15) is 0 Å². The van der Waals surface area contributed by atoms with Crippen LogP contribution in [0.2, 0.25) is 0 Å². The van der Waals surface area contributed by atoms with Gasteiger partial charge in [0, 0.05) is 53.0 Å². The summed E-state index contributed by atoms with van der Waals surface area (Å²) in [5.41, 5.74) is 10.4. The normalized spacial score (nSPS) is 11.9. The van der Waals surface area contributed by atoms with E-state index < -0.39 is 0 Å². The van der Waals surface area contributed by atoms with Crippen LogP contribution in [0.5, 0.6) is 0 Å². The maximum absolute atomic E-state index is 6.67. The van der Waals surface area contributed by atoms with Crippen molar-refractivity contribution < 1.29 is 4.42 Å². The summed E-state index contributed by atoms with van der Waals surface area (Å²) in [6, 6.07) is 63.7. The van der Waals surface area contributed by atoms with Crippen LogP contribution in [0.25, 0.3) is 115 Å². The number of hydrogen-bond acceptors (Lipinski definition) is 5. The van der Waals surface area contributed by atoms with Crippen LogP contribution in [-0.4, -0.2) is 19.5 Å². The molecule has 0 spiro atoms. The molecule has 0 N–H and O–H groups in total. The Morgan fingerprint density at radius 3 is 1.70 bits per heavy atom. The molecule has 0 amide bonds. The topological polar surface area (TPSA) is 56.7 Å². The van der Waals surface area contributed by atoms with Crippen molar-refractivity contribution in [3.05, 3.63) is 182 Å². The Morgan fingerprint density at radius 2 is 1.00 bits per heavy atom. The van der Waals surface area contributed by atoms with Gasteiger partial charge >= 0.3 is 0 Å². The fourth-order valence-electron chi connectivity index (χ4n) is 8.45. The maximum atomic E-state index is 6.67. The molecule has 4 heterocycles. The van der Waals surface area contributed by atoms with E-state index in [4.69, 9.17) is 19.4 Å². The Bertz CT molecular complexity index is 3420. The van der Waals surface area contributed by atoms with Crippen molar-refractivity contribution in [2.75, 3.05) is 0 Å². The summed E-state index contributed by atoms with van der Waals surface area (Å²) in [4.78, 5) is 14.9. The fourth-order valence-corrected chi connectivity index (χ4v) is 9.66.